The SMILES string of the molecule is c1ccc(-c2nc(-c3ccc4c(c3)c3ccccc3n4-c3ccccc3)nc(-c3cccc4c3oc3c5ccccc5c(-n5c6ccccc6c6cc7ccccc7cc65)cc43)n2)cc1. The van der Waals surface area contributed by atoms with Crippen molar-refractivity contribution >= 4 is 87.1 Å². The summed E-state index contributed by atoms with van der Waals surface area (Å²) in [7, 11) is 0. The van der Waals surface area contributed by atoms with Crippen LogP contribution >= 0.6 is 0 Å². The molecule has 0 saturated carbocycles. The highest BCUT2D eigenvalue weighted by atomic mass is 16.3. The zero-order chi connectivity index (χ0) is 42.6. The lowest BCUT2D eigenvalue weighted by atomic mass is 10.0. The van der Waals surface area contributed by atoms with Gasteiger partial charge in [0.2, 0.25) is 0 Å². The molecule has 0 radical (unpaired) electrons. The first-order valence-corrected chi connectivity index (χ1v) is 21.9. The van der Waals surface area contributed by atoms with Crippen molar-refractivity contribution in [3.63, 3.8) is 0 Å². The molecule has 0 fully saturated rings. The van der Waals surface area contributed by atoms with Crippen LogP contribution in [0.1, 0.15) is 0 Å². The van der Waals surface area contributed by atoms with E-state index < -0.39 is 0 Å². The van der Waals surface area contributed by atoms with Crippen LogP contribution in [0.25, 0.3) is 133 Å². The molecule has 0 unspecified atom stereocenters. The highest BCUT2D eigenvalue weighted by Crippen LogP contribution is 2.44. The molecule has 302 valence electrons. The predicted octanol–water partition coefficient (Wildman–Crippen LogP) is 15.3. The minimum Gasteiger partial charge on any atom is -0.455 e. The number of nitrogens with zero attached hydrogens (tertiary/aromatic N) is 5. The van der Waals surface area contributed by atoms with Crippen molar-refractivity contribution < 1.29 is 4.42 Å². The quantitative estimate of drug-likeness (QED) is 0.173. The first kappa shape index (κ1) is 35.7. The van der Waals surface area contributed by atoms with Gasteiger partial charge in [0.1, 0.15) is 11.2 Å². The molecule has 14 aromatic rings. The van der Waals surface area contributed by atoms with Crippen molar-refractivity contribution in [3.8, 4) is 45.5 Å². The van der Waals surface area contributed by atoms with E-state index in [1.54, 1.807) is 0 Å². The monoisotopic (exact) mass is 829 g/mol. The molecular weight excluding hydrogens is 795 g/mol. The average molecular weight is 830 g/mol. The molecule has 0 amide bonds. The molecule has 6 heteroatoms. The summed E-state index contributed by atoms with van der Waals surface area (Å²) in [4.78, 5) is 15.7. The normalized spacial score (nSPS) is 12.0. The summed E-state index contributed by atoms with van der Waals surface area (Å²) in [6.45, 7) is 0. The van der Waals surface area contributed by atoms with Crippen molar-refractivity contribution in [2.45, 2.75) is 0 Å². The van der Waals surface area contributed by atoms with E-state index in [4.69, 9.17) is 19.4 Å². The Labute approximate surface area is 371 Å². The maximum absolute atomic E-state index is 7.09. The van der Waals surface area contributed by atoms with Gasteiger partial charge in [0.15, 0.2) is 17.5 Å². The Hall–Kier alpha value is -8.87. The highest BCUT2D eigenvalue weighted by Gasteiger charge is 2.23. The van der Waals surface area contributed by atoms with Crippen molar-refractivity contribution in [1.82, 2.24) is 24.1 Å². The van der Waals surface area contributed by atoms with Crippen LogP contribution in [0, 0.1) is 0 Å². The molecule has 0 aliphatic rings. The zero-order valence-electron chi connectivity index (χ0n) is 34.9. The second-order valence-corrected chi connectivity index (χ2v) is 16.8. The summed E-state index contributed by atoms with van der Waals surface area (Å²) in [5.74, 6) is 1.73. The molecule has 4 aromatic heterocycles. The van der Waals surface area contributed by atoms with Gasteiger partial charge < -0.3 is 13.6 Å². The van der Waals surface area contributed by atoms with Crippen LogP contribution in [-0.2, 0) is 0 Å². The molecular formula is C59H35N5O. The third-order valence-corrected chi connectivity index (χ3v) is 13.1. The molecule has 0 aliphatic heterocycles. The van der Waals surface area contributed by atoms with Gasteiger partial charge in [-0.05, 0) is 77.5 Å². The van der Waals surface area contributed by atoms with Gasteiger partial charge in [0, 0.05) is 59.9 Å². The summed E-state index contributed by atoms with van der Waals surface area (Å²) in [6.07, 6.45) is 0. The molecule has 14 rings (SSSR count). The number of furan rings is 1. The fourth-order valence-electron chi connectivity index (χ4n) is 10.2. The molecule has 0 aliphatic carbocycles. The van der Waals surface area contributed by atoms with Gasteiger partial charge in [-0.1, -0.05) is 146 Å². The number of rotatable bonds is 5. The summed E-state index contributed by atoms with van der Waals surface area (Å²) < 4.78 is 11.8. The van der Waals surface area contributed by atoms with E-state index in [9.17, 15) is 0 Å². The van der Waals surface area contributed by atoms with E-state index in [0.717, 1.165) is 88.2 Å². The summed E-state index contributed by atoms with van der Waals surface area (Å²) in [5.41, 5.74) is 11.0. The standard InChI is InChI=1S/C59H35N5O/c1-3-16-36(17-4-1)57-60-58(39-30-31-52-47(33-39)42-23-11-13-28-50(42)63(52)40-20-5-2-6-21-40)62-59(61-57)46-27-15-26-45-49-35-54(41-22-9-10-25-44(41)56(49)65-55(45)46)64-51-29-14-12-24-43(51)48-32-37-18-7-8-19-38(37)34-53(48)64/h1-35H. The van der Waals surface area contributed by atoms with E-state index in [2.05, 4.69) is 191 Å². The maximum atomic E-state index is 7.09. The third-order valence-electron chi connectivity index (χ3n) is 13.1. The summed E-state index contributed by atoms with van der Waals surface area (Å²) in [5, 5.41) is 11.3. The molecule has 4 heterocycles. The number of hydrogen-bond acceptors (Lipinski definition) is 4. The minimum atomic E-state index is 0.545. The predicted molar refractivity (Wildman–Crippen MR) is 267 cm³/mol. The molecule has 0 saturated heterocycles. The van der Waals surface area contributed by atoms with Crippen LogP contribution in [0.15, 0.2) is 217 Å². The Morgan fingerprint density at radius 3 is 1.63 bits per heavy atom. The van der Waals surface area contributed by atoms with E-state index in [-0.39, 0.29) is 0 Å². The summed E-state index contributed by atoms with van der Waals surface area (Å²) >= 11 is 0. The van der Waals surface area contributed by atoms with Crippen molar-refractivity contribution in [2.24, 2.45) is 0 Å². The minimum absolute atomic E-state index is 0.545. The Morgan fingerprint density at radius 1 is 0.308 bits per heavy atom. The van der Waals surface area contributed by atoms with E-state index in [1.807, 2.05) is 30.3 Å². The lowest BCUT2D eigenvalue weighted by molar-refractivity contribution is 0.673. The first-order valence-electron chi connectivity index (χ1n) is 21.9. The zero-order valence-corrected chi connectivity index (χ0v) is 34.9. The van der Waals surface area contributed by atoms with Gasteiger partial charge >= 0.3 is 0 Å². The number of hydrogen-bond donors (Lipinski definition) is 0. The van der Waals surface area contributed by atoms with Gasteiger partial charge in [-0.15, -0.1) is 0 Å². The molecule has 0 atom stereocenters. The fraction of sp³-hybridized carbons (Fsp3) is 0. The van der Waals surface area contributed by atoms with Crippen LogP contribution in [0.4, 0.5) is 0 Å². The molecule has 65 heavy (non-hydrogen) atoms. The van der Waals surface area contributed by atoms with Crippen molar-refractivity contribution in [3.05, 3.63) is 212 Å². The van der Waals surface area contributed by atoms with Crippen LogP contribution in [0.2, 0.25) is 0 Å². The maximum Gasteiger partial charge on any atom is 0.167 e. The number of benzene rings is 10. The number of aromatic nitrogens is 5. The van der Waals surface area contributed by atoms with E-state index >= 15 is 0 Å². The van der Waals surface area contributed by atoms with Gasteiger partial charge in [0.05, 0.1) is 33.3 Å². The van der Waals surface area contributed by atoms with E-state index in [0.29, 0.717) is 17.5 Å². The second-order valence-electron chi connectivity index (χ2n) is 16.8. The molecule has 0 N–H and O–H groups in total. The van der Waals surface area contributed by atoms with Crippen LogP contribution in [0.5, 0.6) is 0 Å². The molecule has 0 spiro atoms. The largest absolute Gasteiger partial charge is 0.455 e. The first-order chi connectivity index (χ1) is 32.2. The van der Waals surface area contributed by atoms with Gasteiger partial charge in [-0.25, -0.2) is 15.0 Å². The van der Waals surface area contributed by atoms with Crippen LogP contribution < -0.4 is 0 Å². The average Bonchev–Trinajstić information content (AvgIpc) is 4.03. The van der Waals surface area contributed by atoms with Gasteiger partial charge in [0.25, 0.3) is 0 Å². The lowest BCUT2D eigenvalue weighted by Gasteiger charge is -2.13. The smallest absolute Gasteiger partial charge is 0.167 e. The number of para-hydroxylation sites is 4. The fourth-order valence-corrected chi connectivity index (χ4v) is 10.2. The second kappa shape index (κ2) is 13.8. The third kappa shape index (κ3) is 5.38. The topological polar surface area (TPSA) is 61.7 Å². The van der Waals surface area contributed by atoms with Crippen molar-refractivity contribution in [2.75, 3.05) is 0 Å². The summed E-state index contributed by atoms with van der Waals surface area (Å²) in [6, 6.07) is 75.0. The highest BCUT2D eigenvalue weighted by molar-refractivity contribution is 6.21. The van der Waals surface area contributed by atoms with Crippen LogP contribution in [0.3, 0.4) is 0 Å². The van der Waals surface area contributed by atoms with Crippen molar-refractivity contribution in [1.29, 1.82) is 0 Å². The molecule has 6 nitrogen and oxygen atoms in total. The Balaban J connectivity index is 1.00. The Kier molecular flexibility index (Phi) is 7.59. The molecule has 10 aromatic carbocycles. The van der Waals surface area contributed by atoms with Crippen LogP contribution in [-0.4, -0.2) is 24.1 Å². The Morgan fingerprint density at radius 2 is 0.862 bits per heavy atom. The van der Waals surface area contributed by atoms with Gasteiger partial charge in [-0.3, -0.25) is 0 Å². The lowest BCUT2D eigenvalue weighted by Crippen LogP contribution is -2.00. The number of fused-ring (bicyclic) bond motifs is 12. The van der Waals surface area contributed by atoms with Gasteiger partial charge in [-0.2, -0.15) is 0 Å². The Bertz CT molecular complexity index is 4240. The van der Waals surface area contributed by atoms with E-state index in [1.165, 1.54) is 26.9 Å². The molecule has 0 bridgehead atoms.